The van der Waals surface area contributed by atoms with E-state index in [0.717, 1.165) is 23.1 Å². The van der Waals surface area contributed by atoms with Crippen molar-refractivity contribution in [2.75, 3.05) is 19.8 Å². The van der Waals surface area contributed by atoms with Crippen LogP contribution in [0.15, 0.2) is 30.5 Å². The Morgan fingerprint density at radius 1 is 1.24 bits per heavy atom. The molecule has 2 heterocycles. The Kier molecular flexibility index (Phi) is 2.98. The molecule has 0 unspecified atom stereocenters. The molecule has 1 aliphatic heterocycles. The summed E-state index contributed by atoms with van der Waals surface area (Å²) in [5, 5.41) is 1.16. The number of hydrogen-bond donors (Lipinski definition) is 1. The summed E-state index contributed by atoms with van der Waals surface area (Å²) in [4.78, 5) is 3.15. The van der Waals surface area contributed by atoms with Gasteiger partial charge in [-0.3, -0.25) is 0 Å². The number of fused-ring (bicyclic) bond motifs is 1. The highest BCUT2D eigenvalue weighted by atomic mass is 16.7. The predicted octanol–water partition coefficient (Wildman–Crippen LogP) is 2.31. The first kappa shape index (κ1) is 10.6. The van der Waals surface area contributed by atoms with E-state index in [2.05, 4.69) is 4.98 Å². The lowest BCUT2D eigenvalue weighted by Gasteiger charge is -2.10. The van der Waals surface area contributed by atoms with Crippen LogP contribution in [0.2, 0.25) is 0 Å². The van der Waals surface area contributed by atoms with Crippen molar-refractivity contribution in [2.45, 2.75) is 12.7 Å². The second kappa shape index (κ2) is 4.77. The minimum atomic E-state index is -0.0917. The van der Waals surface area contributed by atoms with E-state index in [1.807, 2.05) is 30.5 Å². The fourth-order valence-electron chi connectivity index (χ4n) is 1.97. The highest BCUT2D eigenvalue weighted by molar-refractivity contribution is 5.80. The number of aromatic amines is 1. The molecule has 0 atom stereocenters. The monoisotopic (exact) mass is 233 g/mol. The van der Waals surface area contributed by atoms with Crippen LogP contribution in [-0.2, 0) is 9.47 Å². The highest BCUT2D eigenvalue weighted by Crippen LogP contribution is 2.20. The molecule has 0 aliphatic carbocycles. The summed E-state index contributed by atoms with van der Waals surface area (Å²) in [7, 11) is 0. The van der Waals surface area contributed by atoms with Gasteiger partial charge >= 0.3 is 0 Å². The Balaban J connectivity index is 1.56. The molecule has 3 rings (SSSR count). The molecule has 0 radical (unpaired) electrons. The third kappa shape index (κ3) is 2.43. The molecule has 4 heteroatoms. The lowest BCUT2D eigenvalue weighted by molar-refractivity contribution is -0.0531. The van der Waals surface area contributed by atoms with Crippen LogP contribution < -0.4 is 4.74 Å². The van der Waals surface area contributed by atoms with E-state index >= 15 is 0 Å². The third-order valence-corrected chi connectivity index (χ3v) is 2.84. The van der Waals surface area contributed by atoms with Crippen molar-refractivity contribution in [1.29, 1.82) is 0 Å². The van der Waals surface area contributed by atoms with Gasteiger partial charge in [-0.15, -0.1) is 0 Å². The first-order chi connectivity index (χ1) is 8.42. The van der Waals surface area contributed by atoms with Crippen LogP contribution in [-0.4, -0.2) is 31.1 Å². The summed E-state index contributed by atoms with van der Waals surface area (Å²) < 4.78 is 16.4. The SMILES string of the molecule is c1cc2cc(OCCC3OCCO3)ccc2[nH]1. The minimum absolute atomic E-state index is 0.0917. The predicted molar refractivity (Wildman–Crippen MR) is 64.1 cm³/mol. The normalized spacial score (nSPS) is 16.7. The van der Waals surface area contributed by atoms with Gasteiger partial charge in [-0.2, -0.15) is 0 Å². The molecule has 1 saturated heterocycles. The van der Waals surface area contributed by atoms with Crippen molar-refractivity contribution in [2.24, 2.45) is 0 Å². The third-order valence-electron chi connectivity index (χ3n) is 2.84. The maximum atomic E-state index is 5.67. The van der Waals surface area contributed by atoms with Gasteiger partial charge in [0.2, 0.25) is 0 Å². The van der Waals surface area contributed by atoms with Crippen LogP contribution in [0.1, 0.15) is 6.42 Å². The molecule has 4 nitrogen and oxygen atoms in total. The van der Waals surface area contributed by atoms with Crippen molar-refractivity contribution in [3.63, 3.8) is 0 Å². The number of H-pyrrole nitrogens is 1. The van der Waals surface area contributed by atoms with E-state index < -0.39 is 0 Å². The van der Waals surface area contributed by atoms with E-state index in [9.17, 15) is 0 Å². The van der Waals surface area contributed by atoms with Gasteiger partial charge < -0.3 is 19.2 Å². The van der Waals surface area contributed by atoms with Gasteiger partial charge in [-0.25, -0.2) is 0 Å². The zero-order valence-electron chi connectivity index (χ0n) is 9.52. The summed E-state index contributed by atoms with van der Waals surface area (Å²) in [6.07, 6.45) is 2.60. The van der Waals surface area contributed by atoms with Gasteiger partial charge in [0, 0.05) is 23.5 Å². The molecule has 1 N–H and O–H groups in total. The standard InChI is InChI=1S/C13H15NO3/c1-2-12-10(3-5-14-12)9-11(1)15-6-4-13-16-7-8-17-13/h1-3,5,9,13-14H,4,6-8H2. The average Bonchev–Trinajstić information content (AvgIpc) is 2.98. The van der Waals surface area contributed by atoms with Crippen molar-refractivity contribution in [1.82, 2.24) is 4.98 Å². The lowest BCUT2D eigenvalue weighted by atomic mass is 10.2. The van der Waals surface area contributed by atoms with Crippen molar-refractivity contribution in [3.8, 4) is 5.75 Å². The summed E-state index contributed by atoms with van der Waals surface area (Å²) in [5.74, 6) is 0.884. The number of nitrogens with one attached hydrogen (secondary N) is 1. The fourth-order valence-corrected chi connectivity index (χ4v) is 1.97. The van der Waals surface area contributed by atoms with E-state index in [1.54, 1.807) is 0 Å². The molecule has 2 aromatic rings. The minimum Gasteiger partial charge on any atom is -0.493 e. The second-order valence-electron chi connectivity index (χ2n) is 4.04. The van der Waals surface area contributed by atoms with Gasteiger partial charge in [-0.05, 0) is 24.3 Å². The summed E-state index contributed by atoms with van der Waals surface area (Å²) in [6.45, 7) is 2.00. The van der Waals surface area contributed by atoms with Gasteiger partial charge in [0.25, 0.3) is 0 Å². The Morgan fingerprint density at radius 3 is 3.00 bits per heavy atom. The molecule has 1 fully saturated rings. The van der Waals surface area contributed by atoms with E-state index in [-0.39, 0.29) is 6.29 Å². The summed E-state index contributed by atoms with van der Waals surface area (Å²) >= 11 is 0. The molecular formula is C13H15NO3. The maximum Gasteiger partial charge on any atom is 0.161 e. The zero-order valence-corrected chi connectivity index (χ0v) is 9.52. The molecule has 1 aromatic heterocycles. The van der Waals surface area contributed by atoms with Crippen LogP contribution in [0.5, 0.6) is 5.75 Å². The van der Waals surface area contributed by atoms with Gasteiger partial charge in [0.05, 0.1) is 19.8 Å². The topological polar surface area (TPSA) is 43.5 Å². The second-order valence-corrected chi connectivity index (χ2v) is 4.04. The smallest absolute Gasteiger partial charge is 0.161 e. The largest absolute Gasteiger partial charge is 0.493 e. The van der Waals surface area contributed by atoms with Gasteiger partial charge in [0.15, 0.2) is 6.29 Å². The van der Waals surface area contributed by atoms with Gasteiger partial charge in [-0.1, -0.05) is 0 Å². The van der Waals surface area contributed by atoms with Gasteiger partial charge in [0.1, 0.15) is 5.75 Å². The summed E-state index contributed by atoms with van der Waals surface area (Å²) in [5.41, 5.74) is 1.12. The molecule has 0 amide bonds. The zero-order chi connectivity index (χ0) is 11.5. The molecule has 17 heavy (non-hydrogen) atoms. The Hall–Kier alpha value is -1.52. The van der Waals surface area contributed by atoms with Crippen molar-refractivity contribution in [3.05, 3.63) is 30.5 Å². The number of ether oxygens (including phenoxy) is 3. The first-order valence-electron chi connectivity index (χ1n) is 5.85. The van der Waals surface area contributed by atoms with Crippen LogP contribution in [0.4, 0.5) is 0 Å². The van der Waals surface area contributed by atoms with Crippen molar-refractivity contribution < 1.29 is 14.2 Å². The molecule has 0 saturated carbocycles. The number of benzene rings is 1. The van der Waals surface area contributed by atoms with E-state index in [4.69, 9.17) is 14.2 Å². The highest BCUT2D eigenvalue weighted by Gasteiger charge is 2.15. The molecule has 1 aliphatic rings. The van der Waals surface area contributed by atoms with E-state index in [0.29, 0.717) is 19.8 Å². The van der Waals surface area contributed by atoms with E-state index in [1.165, 1.54) is 0 Å². The number of rotatable bonds is 4. The first-order valence-corrected chi connectivity index (χ1v) is 5.85. The average molecular weight is 233 g/mol. The Morgan fingerprint density at radius 2 is 2.12 bits per heavy atom. The lowest BCUT2D eigenvalue weighted by Crippen LogP contribution is -2.12. The van der Waals surface area contributed by atoms with Crippen molar-refractivity contribution >= 4 is 10.9 Å². The number of aromatic nitrogens is 1. The molecule has 0 spiro atoms. The van der Waals surface area contributed by atoms with Crippen LogP contribution in [0, 0.1) is 0 Å². The summed E-state index contributed by atoms with van der Waals surface area (Å²) in [6, 6.07) is 8.05. The Labute approximate surface area is 99.5 Å². The molecule has 0 bridgehead atoms. The maximum absolute atomic E-state index is 5.67. The van der Waals surface area contributed by atoms with Crippen LogP contribution in [0.25, 0.3) is 10.9 Å². The quantitative estimate of drug-likeness (QED) is 0.881. The fraction of sp³-hybridized carbons (Fsp3) is 0.385. The molecular weight excluding hydrogens is 218 g/mol. The number of hydrogen-bond acceptors (Lipinski definition) is 3. The molecule has 1 aromatic carbocycles. The van der Waals surface area contributed by atoms with Crippen LogP contribution in [0.3, 0.4) is 0 Å². The Bertz CT molecular complexity index is 488. The van der Waals surface area contributed by atoms with Crippen LogP contribution >= 0.6 is 0 Å². The molecule has 90 valence electrons.